The summed E-state index contributed by atoms with van der Waals surface area (Å²) in [6.45, 7) is -0.162. The van der Waals surface area contributed by atoms with E-state index in [2.05, 4.69) is 67.5 Å². The Bertz CT molecular complexity index is 129. The van der Waals surface area contributed by atoms with Gasteiger partial charge in [0.15, 0.2) is 0 Å². The molecular formula is H12INP10. The lowest BCUT2D eigenvalue weighted by atomic mass is 13.9. The first kappa shape index (κ1) is 15.0. The molecule has 12 heteroatoms. The normalized spacial score (nSPS) is 19.6. The van der Waals surface area contributed by atoms with Crippen molar-refractivity contribution in [1.82, 2.24) is 3.29 Å². The maximum absolute atomic E-state index is 7.73. The molecule has 12 heavy (non-hydrogen) atoms. The number of halogens is 1. The van der Waals surface area contributed by atoms with Crippen molar-refractivity contribution in [1.29, 1.82) is 0 Å². The third-order valence-corrected chi connectivity index (χ3v) is 51.5. The lowest BCUT2D eigenvalue weighted by molar-refractivity contribution is 1.87. The molecule has 0 saturated heterocycles. The molecule has 0 radical (unpaired) electrons. The summed E-state index contributed by atoms with van der Waals surface area (Å²) in [5, 5.41) is 0. The molecule has 0 heterocycles. The zero-order valence-electron chi connectivity index (χ0n) is 7.00. The first-order valence-corrected chi connectivity index (χ1v) is 21.0. The van der Waals surface area contributed by atoms with Gasteiger partial charge in [0.1, 0.15) is 1.41 Å². The minimum atomic E-state index is -0.261. The fraction of sp³-hybridized carbons (Fsp3) is 0. The van der Waals surface area contributed by atoms with E-state index in [9.17, 15) is 0 Å². The van der Waals surface area contributed by atoms with Crippen molar-refractivity contribution < 1.29 is 1.41 Å². The minimum Gasteiger partial charge on any atom is -0.230 e. The highest BCUT2D eigenvalue weighted by Crippen LogP contribution is 3.08. The van der Waals surface area contributed by atoms with E-state index in [0.717, 1.165) is 7.96 Å². The summed E-state index contributed by atoms with van der Waals surface area (Å²) in [7, 11) is 15.1. The van der Waals surface area contributed by atoms with E-state index >= 15 is 0 Å². The van der Waals surface area contributed by atoms with Gasteiger partial charge in [-0.25, -0.2) is 3.29 Å². The highest BCUT2D eigenvalue weighted by Gasteiger charge is 2.25. The number of hydrogen-bond donors (Lipinski definition) is 1. The predicted octanol–water partition coefficient (Wildman–Crippen LogP) is 6.06. The molecule has 0 aromatic carbocycles. The molecule has 8 atom stereocenters. The number of nitrogens with one attached hydrogen (secondary N) is 1. The van der Waals surface area contributed by atoms with Crippen LogP contribution in [0.3, 0.4) is 0 Å². The third kappa shape index (κ3) is 6.66. The molecule has 0 rings (SSSR count). The van der Waals surface area contributed by atoms with Crippen molar-refractivity contribution in [3.63, 3.8) is 0 Å². The van der Waals surface area contributed by atoms with Crippen LogP contribution in [-0.2, 0) is 0 Å². The molecule has 0 spiro atoms. The summed E-state index contributed by atoms with van der Waals surface area (Å²) in [6.07, 6.45) is 0. The molecule has 0 bridgehead atoms. The van der Waals surface area contributed by atoms with Crippen LogP contribution in [-0.4, -0.2) is 0 Å². The van der Waals surface area contributed by atoms with E-state index < -0.39 is 0 Å². The monoisotopic (exact) mass is 465 g/mol. The van der Waals surface area contributed by atoms with Crippen molar-refractivity contribution in [2.24, 2.45) is 0 Å². The highest BCUT2D eigenvalue weighted by molar-refractivity contribution is 14.1. The van der Waals surface area contributed by atoms with Crippen LogP contribution in [0.5, 0.6) is 0 Å². The molecule has 0 amide bonds. The molecular weight excluding hydrogens is 451 g/mol. The molecule has 0 aromatic rings. The summed E-state index contributed by atoms with van der Waals surface area (Å²) in [5.74, 6) is 0. The second-order valence-corrected chi connectivity index (χ2v) is 37.4. The Hall–Kier alpha value is 4.99. The second kappa shape index (κ2) is 9.96. The van der Waals surface area contributed by atoms with Gasteiger partial charge in [-0.3, -0.25) is 0 Å². The third-order valence-electron chi connectivity index (χ3n) is 0.778. The van der Waals surface area contributed by atoms with E-state index in [-0.39, 0.29) is 28.4 Å². The average molecular weight is 465 g/mol. The highest BCUT2D eigenvalue weighted by atomic mass is 127. The zero-order valence-corrected chi connectivity index (χ0v) is 18.5. The molecule has 0 aliphatic heterocycles. The molecule has 1 N–H and O–H groups in total. The van der Waals surface area contributed by atoms with E-state index in [1.807, 2.05) is 0 Å². The van der Waals surface area contributed by atoms with Gasteiger partial charge in [-0.2, -0.15) is 0 Å². The standard InChI is InChI=1S/H12INP10/c1-2-9(10(4)5)12(8-3)11(6)7/h2,8H,3-7H2/i/hT. The molecule has 0 fully saturated rings. The Labute approximate surface area is 108 Å². The fourth-order valence-electron chi connectivity index (χ4n) is 0.380. The lowest BCUT2D eigenvalue weighted by Gasteiger charge is -2.30. The Balaban J connectivity index is 4.49. The smallest absolute Gasteiger partial charge is 0.140 e. The topological polar surface area (TPSA) is 12.0 Å². The van der Waals surface area contributed by atoms with Gasteiger partial charge in [-0.05, 0) is 21.0 Å². The summed E-state index contributed by atoms with van der Waals surface area (Å²) in [5.41, 5.74) is 0. The molecule has 0 saturated carbocycles. The average Bonchev–Trinajstić information content (AvgIpc) is 1.97. The quantitative estimate of drug-likeness (QED) is 0.296. The molecule has 1 nitrogen and oxygen atoms in total. The SMILES string of the molecule is [3H]N(I)P(P(P)P)P(PP)P(P)P. The van der Waals surface area contributed by atoms with Crippen molar-refractivity contribution in [2.75, 3.05) is 0 Å². The van der Waals surface area contributed by atoms with Crippen LogP contribution < -0.4 is 3.29 Å². The van der Waals surface area contributed by atoms with Gasteiger partial charge in [0, 0.05) is 30.3 Å². The van der Waals surface area contributed by atoms with E-state index in [1.54, 1.807) is 3.29 Å². The fourth-order valence-corrected chi connectivity index (χ4v) is 76.2. The zero-order chi connectivity index (χ0) is 10.6. The van der Waals surface area contributed by atoms with Crippen molar-refractivity contribution in [3.05, 3.63) is 0 Å². The van der Waals surface area contributed by atoms with E-state index in [0.29, 0.717) is 0 Å². The van der Waals surface area contributed by atoms with Gasteiger partial charge in [0.2, 0.25) is 0 Å². The largest absolute Gasteiger partial charge is 0.230 e. The molecule has 8 unspecified atom stereocenters. The minimum absolute atomic E-state index is 0.00459. The Morgan fingerprint density at radius 3 is 1.83 bits per heavy atom. The van der Waals surface area contributed by atoms with Crippen LogP contribution in [0.25, 0.3) is 0 Å². The Morgan fingerprint density at radius 1 is 1.25 bits per heavy atom. The molecule has 0 aliphatic rings. The maximum atomic E-state index is 7.73. The van der Waals surface area contributed by atoms with Gasteiger partial charge in [-0.1, -0.05) is 7.96 Å². The van der Waals surface area contributed by atoms with Crippen molar-refractivity contribution in [3.8, 4) is 0 Å². The summed E-state index contributed by atoms with van der Waals surface area (Å²) in [6, 6.07) is 0. The van der Waals surface area contributed by atoms with Gasteiger partial charge in [0.25, 0.3) is 0 Å². The number of rotatable bonds is 5. The van der Waals surface area contributed by atoms with E-state index in [1.165, 1.54) is 0 Å². The molecule has 74 valence electrons. The van der Waals surface area contributed by atoms with Crippen molar-refractivity contribution in [2.45, 2.75) is 0 Å². The molecule has 0 aliphatic carbocycles. The van der Waals surface area contributed by atoms with Crippen molar-refractivity contribution >= 4 is 104 Å². The van der Waals surface area contributed by atoms with Crippen LogP contribution in [0, 0.1) is 0 Å². The van der Waals surface area contributed by atoms with Gasteiger partial charge in [-0.15, -0.1) is 44.6 Å². The maximum Gasteiger partial charge on any atom is 0.140 e. The van der Waals surface area contributed by atoms with Gasteiger partial charge in [0.05, 0.1) is 0 Å². The van der Waals surface area contributed by atoms with Crippen LogP contribution in [0.15, 0.2) is 0 Å². The number of hydrogen-bond acceptors (Lipinski definition) is 1. The first-order valence-electron chi connectivity index (χ1n) is 2.96. The van der Waals surface area contributed by atoms with E-state index in [4.69, 9.17) is 1.41 Å². The Kier molecular flexibility index (Phi) is 12.5. The van der Waals surface area contributed by atoms with Crippen LogP contribution in [0.1, 0.15) is 0 Å². The van der Waals surface area contributed by atoms with Crippen LogP contribution >= 0.6 is 104 Å². The second-order valence-electron chi connectivity index (χ2n) is 1.52. The van der Waals surface area contributed by atoms with Crippen LogP contribution in [0.2, 0.25) is 1.41 Å². The van der Waals surface area contributed by atoms with Gasteiger partial charge >= 0.3 is 0 Å². The molecule has 0 aromatic heterocycles. The van der Waals surface area contributed by atoms with Crippen LogP contribution in [0.4, 0.5) is 0 Å². The summed E-state index contributed by atoms with van der Waals surface area (Å²) in [4.78, 5) is 0. The lowest BCUT2D eigenvalue weighted by Crippen LogP contribution is -1.76. The van der Waals surface area contributed by atoms with Gasteiger partial charge < -0.3 is 0 Å². The summed E-state index contributed by atoms with van der Waals surface area (Å²) >= 11 is 2.11. The summed E-state index contributed by atoms with van der Waals surface area (Å²) < 4.78 is 9.41. The first-order chi connectivity index (χ1) is 5.91. The Morgan fingerprint density at radius 2 is 1.75 bits per heavy atom. The predicted molar refractivity (Wildman–Crippen MR) is 102 cm³/mol.